The van der Waals surface area contributed by atoms with E-state index in [1.165, 1.54) is 11.8 Å². The highest BCUT2D eigenvalue weighted by Crippen LogP contribution is 2.36. The number of benzene rings is 1. The van der Waals surface area contributed by atoms with Gasteiger partial charge in [0.15, 0.2) is 5.17 Å². The molecule has 0 spiro atoms. The van der Waals surface area contributed by atoms with Crippen molar-refractivity contribution in [2.75, 3.05) is 0 Å². The molecule has 4 rings (SSSR count). The van der Waals surface area contributed by atoms with Crippen molar-refractivity contribution in [3.8, 4) is 0 Å². The number of nitrogens with zero attached hydrogens (tertiary/aromatic N) is 4. The Morgan fingerprint density at radius 2 is 2.00 bits per heavy atom. The second kappa shape index (κ2) is 9.65. The normalized spacial score (nSPS) is 18.9. The lowest BCUT2D eigenvalue weighted by molar-refractivity contribution is -0.125. The summed E-state index contributed by atoms with van der Waals surface area (Å²) in [5.74, 6) is 0.607. The van der Waals surface area contributed by atoms with Crippen LogP contribution in [-0.4, -0.2) is 44.0 Å². The fourth-order valence-electron chi connectivity index (χ4n) is 3.70. The number of thioether (sulfide) groups is 1. The predicted molar refractivity (Wildman–Crippen MR) is 128 cm³/mol. The van der Waals surface area contributed by atoms with Crippen LogP contribution in [0.3, 0.4) is 0 Å². The molecule has 0 radical (unpaired) electrons. The third kappa shape index (κ3) is 4.32. The van der Waals surface area contributed by atoms with Crippen LogP contribution >= 0.6 is 11.8 Å². The van der Waals surface area contributed by atoms with Crippen LogP contribution in [-0.2, 0) is 16.1 Å². The van der Waals surface area contributed by atoms with E-state index in [2.05, 4.69) is 17.2 Å². The number of carbonyl (C=O) groups excluding carboxylic acids is 2. The molecule has 2 aromatic rings. The molecule has 2 aliphatic heterocycles. The molecule has 32 heavy (non-hydrogen) atoms. The van der Waals surface area contributed by atoms with Gasteiger partial charge in [-0.15, -0.1) is 0 Å². The Bertz CT molecular complexity index is 1070. The van der Waals surface area contributed by atoms with Crippen LogP contribution in [0.4, 0.5) is 5.69 Å². The van der Waals surface area contributed by atoms with Crippen LogP contribution in [0.1, 0.15) is 44.7 Å². The number of aliphatic imine (C=N–C) groups is 2. The number of amidine groups is 2. The molecular formula is C24H27N5O2S. The van der Waals surface area contributed by atoms with Crippen LogP contribution < -0.4 is 5.32 Å². The van der Waals surface area contributed by atoms with Gasteiger partial charge in [0, 0.05) is 24.5 Å². The lowest BCUT2D eigenvalue weighted by atomic mass is 10.00. The first-order valence-electron chi connectivity index (χ1n) is 11.0. The molecule has 7 nitrogen and oxygen atoms in total. The molecule has 0 aliphatic carbocycles. The van der Waals surface area contributed by atoms with Gasteiger partial charge in [0.25, 0.3) is 5.91 Å². The Hall–Kier alpha value is -3.00. The second-order valence-corrected chi connectivity index (χ2v) is 9.13. The zero-order valence-corrected chi connectivity index (χ0v) is 19.3. The summed E-state index contributed by atoms with van der Waals surface area (Å²) in [5, 5.41) is 3.11. The Morgan fingerprint density at radius 1 is 1.19 bits per heavy atom. The van der Waals surface area contributed by atoms with E-state index >= 15 is 0 Å². The van der Waals surface area contributed by atoms with Crippen molar-refractivity contribution < 1.29 is 9.59 Å². The van der Waals surface area contributed by atoms with Crippen LogP contribution in [0, 0.1) is 5.92 Å². The number of nitrogens with one attached hydrogen (secondary N) is 1. The first kappa shape index (κ1) is 22.2. The van der Waals surface area contributed by atoms with E-state index < -0.39 is 6.04 Å². The minimum atomic E-state index is -0.425. The van der Waals surface area contributed by atoms with Crippen molar-refractivity contribution >= 4 is 40.3 Å². The highest BCUT2D eigenvalue weighted by atomic mass is 32.2. The molecule has 3 heterocycles. The molecule has 166 valence electrons. The van der Waals surface area contributed by atoms with Gasteiger partial charge in [-0.1, -0.05) is 57.2 Å². The maximum absolute atomic E-state index is 13.3. The topological polar surface area (TPSA) is 87.0 Å². The van der Waals surface area contributed by atoms with Gasteiger partial charge in [0.2, 0.25) is 5.91 Å². The maximum Gasteiger partial charge on any atom is 0.259 e. The van der Waals surface area contributed by atoms with Crippen LogP contribution in [0.15, 0.2) is 58.8 Å². The van der Waals surface area contributed by atoms with Gasteiger partial charge < -0.3 is 5.32 Å². The Morgan fingerprint density at radius 3 is 2.72 bits per heavy atom. The van der Waals surface area contributed by atoms with Gasteiger partial charge in [-0.25, -0.2) is 9.89 Å². The van der Waals surface area contributed by atoms with E-state index in [1.54, 1.807) is 17.3 Å². The van der Waals surface area contributed by atoms with Crippen molar-refractivity contribution in [2.45, 2.75) is 51.4 Å². The fourth-order valence-corrected chi connectivity index (χ4v) is 4.74. The van der Waals surface area contributed by atoms with E-state index in [4.69, 9.17) is 9.98 Å². The first-order valence-corrected chi connectivity index (χ1v) is 11.8. The molecule has 0 unspecified atom stereocenters. The number of hydrogen-bond donors (Lipinski definition) is 1. The number of amides is 2. The van der Waals surface area contributed by atoms with Crippen molar-refractivity contribution in [3.05, 3.63) is 59.9 Å². The molecule has 8 heteroatoms. The van der Waals surface area contributed by atoms with Crippen LogP contribution in [0.2, 0.25) is 0 Å². The highest BCUT2D eigenvalue weighted by molar-refractivity contribution is 8.15. The summed E-state index contributed by atoms with van der Waals surface area (Å²) in [6, 6.07) is 11.0. The summed E-state index contributed by atoms with van der Waals surface area (Å²) in [6.45, 7) is 6.47. The van der Waals surface area contributed by atoms with E-state index in [0.29, 0.717) is 24.0 Å². The smallest absolute Gasteiger partial charge is 0.259 e. The van der Waals surface area contributed by atoms with Crippen molar-refractivity contribution in [1.82, 2.24) is 15.2 Å². The maximum atomic E-state index is 13.3. The average molecular weight is 450 g/mol. The minimum Gasteiger partial charge on any atom is -0.351 e. The minimum absolute atomic E-state index is 0.0688. The molecule has 1 aromatic heterocycles. The second-order valence-electron chi connectivity index (χ2n) is 7.96. The van der Waals surface area contributed by atoms with E-state index in [1.807, 2.05) is 50.2 Å². The summed E-state index contributed by atoms with van der Waals surface area (Å²) < 4.78 is 0. The highest BCUT2D eigenvalue weighted by Gasteiger charge is 2.43. The first-order chi connectivity index (χ1) is 15.5. The Kier molecular flexibility index (Phi) is 6.69. The number of hydrogen-bond acceptors (Lipinski definition) is 6. The summed E-state index contributed by atoms with van der Waals surface area (Å²) in [4.78, 5) is 41.5. The van der Waals surface area contributed by atoms with E-state index in [9.17, 15) is 9.59 Å². The van der Waals surface area contributed by atoms with Gasteiger partial charge >= 0.3 is 0 Å². The molecule has 0 fully saturated rings. The standard InChI is InChI=1S/C24H27N5O2S/c1-4-15(3)20-23(31)29-21(28-20)17-10-6-7-11-18(17)27-24(29)32-19(5-2)22(30)26-14-16-9-8-12-25-13-16/h6-13,15,19-20H,4-5,14H2,1-3H3,(H,26,30)/t15-,19+,20-/m1/s1. The molecule has 1 aromatic carbocycles. The van der Waals surface area contributed by atoms with Crippen molar-refractivity contribution in [3.63, 3.8) is 0 Å². The SMILES string of the molecule is CC[C@H](SC1=Nc2ccccc2C2=N[C@H]([C@H](C)CC)C(=O)N12)C(=O)NCc1cccnc1. The third-order valence-electron chi connectivity index (χ3n) is 5.78. The lowest BCUT2D eigenvalue weighted by Crippen LogP contribution is -2.44. The zero-order valence-electron chi connectivity index (χ0n) is 18.5. The van der Waals surface area contributed by atoms with Crippen LogP contribution in [0.25, 0.3) is 0 Å². The number of pyridine rings is 1. The van der Waals surface area contributed by atoms with Crippen molar-refractivity contribution in [2.24, 2.45) is 15.9 Å². The van der Waals surface area contributed by atoms with Gasteiger partial charge in [0.05, 0.1) is 10.9 Å². The monoisotopic (exact) mass is 449 g/mol. The Balaban J connectivity index is 1.58. The van der Waals surface area contributed by atoms with Crippen LogP contribution in [0.5, 0.6) is 0 Å². The number of para-hydroxylation sites is 1. The Labute approximate surface area is 192 Å². The molecular weight excluding hydrogens is 422 g/mol. The molecule has 0 saturated carbocycles. The van der Waals surface area contributed by atoms with E-state index in [0.717, 1.165) is 23.2 Å². The molecule has 1 N–H and O–H groups in total. The fraction of sp³-hybridized carbons (Fsp3) is 0.375. The molecule has 0 saturated heterocycles. The number of carbonyl (C=O) groups is 2. The summed E-state index contributed by atoms with van der Waals surface area (Å²) in [5.41, 5.74) is 2.56. The molecule has 0 bridgehead atoms. The largest absolute Gasteiger partial charge is 0.351 e. The van der Waals surface area contributed by atoms with Gasteiger partial charge in [-0.05, 0) is 36.1 Å². The average Bonchev–Trinajstić information content (AvgIpc) is 3.18. The summed E-state index contributed by atoms with van der Waals surface area (Å²) in [7, 11) is 0. The third-order valence-corrected chi connectivity index (χ3v) is 7.10. The van der Waals surface area contributed by atoms with Gasteiger partial charge in [0.1, 0.15) is 11.9 Å². The molecule has 3 atom stereocenters. The molecule has 2 amide bonds. The summed E-state index contributed by atoms with van der Waals surface area (Å²) >= 11 is 1.32. The van der Waals surface area contributed by atoms with E-state index in [-0.39, 0.29) is 23.0 Å². The van der Waals surface area contributed by atoms with Gasteiger partial charge in [-0.3, -0.25) is 19.6 Å². The predicted octanol–water partition coefficient (Wildman–Crippen LogP) is 3.91. The van der Waals surface area contributed by atoms with Crippen molar-refractivity contribution in [1.29, 1.82) is 0 Å². The van der Waals surface area contributed by atoms with Gasteiger partial charge in [-0.2, -0.15) is 0 Å². The quantitative estimate of drug-likeness (QED) is 0.694. The number of aromatic nitrogens is 1. The summed E-state index contributed by atoms with van der Waals surface area (Å²) in [6.07, 6.45) is 4.90. The number of rotatable bonds is 7. The lowest BCUT2D eigenvalue weighted by Gasteiger charge is -2.27. The zero-order chi connectivity index (χ0) is 22.7. The number of fused-ring (bicyclic) bond motifs is 3. The molecule has 2 aliphatic rings.